The zero-order valence-electron chi connectivity index (χ0n) is 6.87. The van der Waals surface area contributed by atoms with E-state index in [1.54, 1.807) is 0 Å². The minimum atomic E-state index is -3.10. The number of rotatable bonds is 2. The molecule has 1 heterocycles. The molecule has 0 aromatic heterocycles. The predicted molar refractivity (Wildman–Crippen MR) is 45.3 cm³/mol. The highest BCUT2D eigenvalue weighted by Crippen LogP contribution is 2.24. The first-order valence-corrected chi connectivity index (χ1v) is 5.92. The second-order valence-corrected chi connectivity index (χ2v) is 5.49. The van der Waals surface area contributed by atoms with Gasteiger partial charge in [0.05, 0.1) is 11.5 Å². The molecule has 72 valence electrons. The molecular weight excluding hydrogens is 181 g/mol. The number of hydrogen-bond donors (Lipinski definition) is 1. The molecule has 0 spiro atoms. The summed E-state index contributed by atoms with van der Waals surface area (Å²) in [6.45, 7) is 0.436. The number of hydrogen-bond acceptors (Lipinski definition) is 3. The first-order valence-electron chi connectivity index (χ1n) is 4.10. The Balaban J connectivity index is 2.54. The highest BCUT2D eigenvalue weighted by atomic mass is 32.2. The summed E-state index contributed by atoms with van der Waals surface area (Å²) in [5.74, 6) is -0.325. The van der Waals surface area contributed by atoms with Crippen molar-refractivity contribution in [3.05, 3.63) is 0 Å². The monoisotopic (exact) mass is 195 g/mol. The maximum absolute atomic E-state index is 13.1. The van der Waals surface area contributed by atoms with E-state index in [4.69, 9.17) is 5.73 Å². The first-order chi connectivity index (χ1) is 5.55. The zero-order chi connectivity index (χ0) is 9.19. The summed E-state index contributed by atoms with van der Waals surface area (Å²) in [4.78, 5) is 0. The Hall–Kier alpha value is -0.160. The molecule has 1 rings (SSSR count). The molecule has 0 aliphatic carbocycles. The molecule has 0 saturated carbocycles. The van der Waals surface area contributed by atoms with Crippen LogP contribution in [-0.2, 0) is 9.84 Å². The molecule has 12 heavy (non-hydrogen) atoms. The van der Waals surface area contributed by atoms with E-state index >= 15 is 0 Å². The third kappa shape index (κ3) is 2.42. The van der Waals surface area contributed by atoms with Crippen LogP contribution < -0.4 is 5.73 Å². The Bertz CT molecular complexity index is 240. The van der Waals surface area contributed by atoms with E-state index in [2.05, 4.69) is 0 Å². The van der Waals surface area contributed by atoms with E-state index in [-0.39, 0.29) is 17.4 Å². The van der Waals surface area contributed by atoms with Crippen molar-refractivity contribution >= 4 is 9.84 Å². The summed E-state index contributed by atoms with van der Waals surface area (Å²) < 4.78 is 35.0. The van der Waals surface area contributed by atoms with Crippen molar-refractivity contribution in [1.82, 2.24) is 0 Å². The van der Waals surface area contributed by atoms with Gasteiger partial charge in [-0.3, -0.25) is 0 Å². The predicted octanol–water partition coefficient (Wildman–Crippen LogP) is 0.108. The molecule has 0 aromatic carbocycles. The lowest BCUT2D eigenvalue weighted by Gasteiger charge is -2.25. The third-order valence-corrected chi connectivity index (χ3v) is 3.95. The van der Waals surface area contributed by atoms with Crippen LogP contribution in [-0.4, -0.2) is 32.6 Å². The van der Waals surface area contributed by atoms with Gasteiger partial charge in [0.2, 0.25) is 0 Å². The Morgan fingerprint density at radius 1 is 1.50 bits per heavy atom. The highest BCUT2D eigenvalue weighted by molar-refractivity contribution is 7.91. The molecule has 0 bridgehead atoms. The van der Waals surface area contributed by atoms with Crippen LogP contribution >= 0.6 is 0 Å². The number of alkyl halides is 1. The van der Waals surface area contributed by atoms with Gasteiger partial charge in [0, 0.05) is 0 Å². The van der Waals surface area contributed by atoms with Crippen LogP contribution in [0.5, 0.6) is 0 Å². The summed E-state index contributed by atoms with van der Waals surface area (Å²) >= 11 is 0. The molecule has 2 unspecified atom stereocenters. The van der Waals surface area contributed by atoms with Crippen molar-refractivity contribution in [3.8, 4) is 0 Å². The molecule has 1 saturated heterocycles. The van der Waals surface area contributed by atoms with Crippen molar-refractivity contribution in [3.63, 3.8) is 0 Å². The fourth-order valence-electron chi connectivity index (χ4n) is 1.51. The maximum Gasteiger partial charge on any atom is 0.153 e. The molecule has 1 fully saturated rings. The van der Waals surface area contributed by atoms with Crippen LogP contribution in [0.1, 0.15) is 12.8 Å². The largest absolute Gasteiger partial charge is 0.330 e. The van der Waals surface area contributed by atoms with E-state index in [1.807, 2.05) is 0 Å². The minimum absolute atomic E-state index is 0.123. The summed E-state index contributed by atoms with van der Waals surface area (Å²) in [6.07, 6.45) is -0.176. The van der Waals surface area contributed by atoms with Gasteiger partial charge in [-0.05, 0) is 25.3 Å². The number of halogens is 1. The summed E-state index contributed by atoms with van der Waals surface area (Å²) in [5, 5.41) is 0. The Labute approximate surface area is 72.1 Å². The van der Waals surface area contributed by atoms with Gasteiger partial charge >= 0.3 is 0 Å². The molecule has 0 amide bonds. The van der Waals surface area contributed by atoms with Crippen LogP contribution in [0.3, 0.4) is 0 Å². The van der Waals surface area contributed by atoms with E-state index in [9.17, 15) is 12.8 Å². The van der Waals surface area contributed by atoms with Gasteiger partial charge in [-0.25, -0.2) is 12.8 Å². The Morgan fingerprint density at radius 3 is 2.67 bits per heavy atom. The van der Waals surface area contributed by atoms with Crippen molar-refractivity contribution in [2.45, 2.75) is 19.0 Å². The Kier molecular flexibility index (Phi) is 3.06. The average molecular weight is 195 g/mol. The van der Waals surface area contributed by atoms with Crippen LogP contribution in [0, 0.1) is 5.92 Å². The minimum Gasteiger partial charge on any atom is -0.330 e. The van der Waals surface area contributed by atoms with Crippen LogP contribution in [0.4, 0.5) is 4.39 Å². The number of sulfone groups is 1. The molecule has 3 nitrogen and oxygen atoms in total. The molecule has 0 radical (unpaired) electrons. The molecule has 2 N–H and O–H groups in total. The number of nitrogens with two attached hydrogens (primary N) is 1. The topological polar surface area (TPSA) is 60.2 Å². The molecule has 1 aliphatic heterocycles. The van der Waals surface area contributed by atoms with Gasteiger partial charge in [0.15, 0.2) is 9.84 Å². The standard InChI is InChI=1S/C7H14FNO2S/c8-7-5-12(10,11)4-2-6(7)1-3-9/h6-7H,1-5,9H2. The summed E-state index contributed by atoms with van der Waals surface area (Å²) in [6, 6.07) is 0. The fourth-order valence-corrected chi connectivity index (χ4v) is 3.10. The van der Waals surface area contributed by atoms with Crippen molar-refractivity contribution < 1.29 is 12.8 Å². The summed E-state index contributed by atoms with van der Waals surface area (Å²) in [5.41, 5.74) is 5.27. The van der Waals surface area contributed by atoms with Gasteiger partial charge in [-0.1, -0.05) is 0 Å². The fraction of sp³-hybridized carbons (Fsp3) is 1.00. The molecule has 5 heteroatoms. The van der Waals surface area contributed by atoms with E-state index in [0.717, 1.165) is 0 Å². The molecular formula is C7H14FNO2S. The third-order valence-electron chi connectivity index (χ3n) is 2.26. The van der Waals surface area contributed by atoms with Crippen LogP contribution in [0.2, 0.25) is 0 Å². The molecule has 0 aromatic rings. The van der Waals surface area contributed by atoms with E-state index in [0.29, 0.717) is 19.4 Å². The second-order valence-electron chi connectivity index (χ2n) is 3.26. The van der Waals surface area contributed by atoms with Crippen molar-refractivity contribution in [1.29, 1.82) is 0 Å². The lowest BCUT2D eigenvalue weighted by atomic mass is 9.97. The van der Waals surface area contributed by atoms with Crippen molar-refractivity contribution in [2.75, 3.05) is 18.1 Å². The quantitative estimate of drug-likeness (QED) is 0.680. The lowest BCUT2D eigenvalue weighted by molar-refractivity contribution is 0.228. The average Bonchev–Trinajstić information content (AvgIpc) is 1.94. The smallest absolute Gasteiger partial charge is 0.153 e. The van der Waals surface area contributed by atoms with Crippen LogP contribution in [0.25, 0.3) is 0 Å². The van der Waals surface area contributed by atoms with Gasteiger partial charge < -0.3 is 5.73 Å². The van der Waals surface area contributed by atoms with E-state index < -0.39 is 16.0 Å². The first kappa shape index (κ1) is 9.92. The molecule has 2 atom stereocenters. The Morgan fingerprint density at radius 2 is 2.17 bits per heavy atom. The van der Waals surface area contributed by atoms with Gasteiger partial charge in [-0.2, -0.15) is 0 Å². The maximum atomic E-state index is 13.1. The second kappa shape index (κ2) is 3.70. The summed E-state index contributed by atoms with van der Waals surface area (Å²) in [7, 11) is -3.10. The van der Waals surface area contributed by atoms with Gasteiger partial charge in [-0.15, -0.1) is 0 Å². The SMILES string of the molecule is NCCC1CCS(=O)(=O)CC1F. The van der Waals surface area contributed by atoms with E-state index in [1.165, 1.54) is 0 Å². The van der Waals surface area contributed by atoms with Crippen LogP contribution in [0.15, 0.2) is 0 Å². The molecule has 1 aliphatic rings. The normalized spacial score (nSPS) is 34.8. The van der Waals surface area contributed by atoms with Gasteiger partial charge in [0.25, 0.3) is 0 Å². The zero-order valence-corrected chi connectivity index (χ0v) is 7.69. The van der Waals surface area contributed by atoms with Crippen molar-refractivity contribution in [2.24, 2.45) is 11.7 Å². The highest BCUT2D eigenvalue weighted by Gasteiger charge is 2.32. The lowest BCUT2D eigenvalue weighted by Crippen LogP contribution is -2.35. The van der Waals surface area contributed by atoms with Gasteiger partial charge in [0.1, 0.15) is 6.17 Å².